The Labute approximate surface area is 448 Å². The van der Waals surface area contributed by atoms with Gasteiger partial charge in [-0.2, -0.15) is 0 Å². The Kier molecular flexibility index (Phi) is 28.1. The molecule has 0 aliphatic rings. The van der Waals surface area contributed by atoms with Gasteiger partial charge >= 0.3 is 12.1 Å². The topological polar surface area (TPSA) is 297 Å². The molecule has 0 aromatic heterocycles. The van der Waals surface area contributed by atoms with Gasteiger partial charge in [-0.25, -0.2) is 9.59 Å². The number of esters is 1. The summed E-state index contributed by atoms with van der Waals surface area (Å²) in [5.74, 6) is -6.56. The smallest absolute Gasteiger partial charge is 0.408 e. The number of hydrogen-bond acceptors (Lipinski definition) is 12. The van der Waals surface area contributed by atoms with E-state index < -0.39 is 118 Å². The molecule has 21 nitrogen and oxygen atoms in total. The van der Waals surface area contributed by atoms with Crippen molar-refractivity contribution < 1.29 is 57.4 Å². The molecule has 0 radical (unpaired) electrons. The Balaban J connectivity index is 6.48. The molecule has 0 aromatic carbocycles. The van der Waals surface area contributed by atoms with Crippen molar-refractivity contribution in [1.82, 2.24) is 47.9 Å². The van der Waals surface area contributed by atoms with Crippen LogP contribution in [0.5, 0.6) is 0 Å². The first kappa shape index (κ1) is 69.5. The zero-order valence-electron chi connectivity index (χ0n) is 49.6. The summed E-state index contributed by atoms with van der Waals surface area (Å²) in [6.07, 6.45) is 0.326. The normalized spacial score (nSPS) is 14.7. The van der Waals surface area contributed by atoms with Crippen LogP contribution in [0.15, 0.2) is 0 Å². The van der Waals surface area contributed by atoms with E-state index in [2.05, 4.69) is 47.9 Å². The van der Waals surface area contributed by atoms with Crippen LogP contribution in [0.3, 0.4) is 0 Å². The third-order valence-corrected chi connectivity index (χ3v) is 11.5. The zero-order chi connectivity index (χ0) is 58.7. The monoisotopic (exact) mass is 1070 g/mol. The maximum absolute atomic E-state index is 14.2. The molecular weight excluding hydrogens is 967 g/mol. The highest BCUT2D eigenvalue weighted by atomic mass is 16.6. The van der Waals surface area contributed by atoms with Crippen molar-refractivity contribution >= 4 is 59.3 Å². The minimum Gasteiger partial charge on any atom is -0.467 e. The Morgan fingerprint density at radius 3 is 0.787 bits per heavy atom. The lowest BCUT2D eigenvalue weighted by molar-refractivity contribution is -0.149. The van der Waals surface area contributed by atoms with Gasteiger partial charge in [0, 0.05) is 0 Å². The number of methoxy groups -OCH3 is 1. The Bertz CT molecular complexity index is 1960. The summed E-state index contributed by atoms with van der Waals surface area (Å²) in [6, 6.07) is -6.71. The summed E-state index contributed by atoms with van der Waals surface area (Å²) >= 11 is 0. The van der Waals surface area contributed by atoms with Crippen LogP contribution >= 0.6 is 0 Å². The number of rotatable bonds is 30. The summed E-state index contributed by atoms with van der Waals surface area (Å²) in [6.45, 7) is 36.2. The van der Waals surface area contributed by atoms with Gasteiger partial charge in [0.25, 0.3) is 0 Å². The lowest BCUT2D eigenvalue weighted by Crippen LogP contribution is -2.64. The minimum absolute atomic E-state index is 0.0107. The SMILES string of the molecule is COC(=O)C(C)(C)NC(=O)[C@H](CC(C)C)NC(=O)[C@H](CC(C)C)NC(=O)C(C)(C)NC(=O)[C@H](CC(C)C)NC(=O)[C@H](CC(C)C)NC(=O)C(C)(C)NC(=O)[C@H](CC(C)C)NC(=O)[C@H](CC(C)C)NC(=O)OC(C)(C)C. The molecule has 0 unspecified atom stereocenters. The molecule has 9 N–H and O–H groups in total. The van der Waals surface area contributed by atoms with Crippen LogP contribution in [0.25, 0.3) is 0 Å². The van der Waals surface area contributed by atoms with Crippen LogP contribution in [-0.4, -0.2) is 125 Å². The molecule has 0 heterocycles. The molecule has 0 aromatic rings. The Morgan fingerprint density at radius 2 is 0.560 bits per heavy atom. The van der Waals surface area contributed by atoms with Crippen molar-refractivity contribution in [1.29, 1.82) is 0 Å². The molecule has 0 saturated carbocycles. The lowest BCUT2D eigenvalue weighted by atomic mass is 9.96. The van der Waals surface area contributed by atoms with Crippen molar-refractivity contribution in [3.05, 3.63) is 0 Å². The van der Waals surface area contributed by atoms with E-state index in [0.717, 1.165) is 0 Å². The van der Waals surface area contributed by atoms with Crippen LogP contribution in [-0.2, 0) is 52.6 Å². The van der Waals surface area contributed by atoms with Crippen LogP contribution in [0.4, 0.5) is 4.79 Å². The van der Waals surface area contributed by atoms with E-state index in [1.165, 1.54) is 48.7 Å². The molecule has 0 spiro atoms. The van der Waals surface area contributed by atoms with Crippen LogP contribution in [0.1, 0.15) is 184 Å². The first-order valence-corrected chi connectivity index (χ1v) is 26.6. The van der Waals surface area contributed by atoms with Crippen LogP contribution in [0.2, 0.25) is 0 Å². The summed E-state index contributed by atoms with van der Waals surface area (Å²) in [5.41, 5.74) is -5.48. The van der Waals surface area contributed by atoms with Crippen molar-refractivity contribution in [2.45, 2.75) is 242 Å². The third kappa shape index (κ3) is 26.7. The number of ether oxygens (including phenoxy) is 2. The molecule has 432 valence electrons. The van der Waals surface area contributed by atoms with Crippen molar-refractivity contribution in [2.75, 3.05) is 7.11 Å². The van der Waals surface area contributed by atoms with Gasteiger partial charge in [0.1, 0.15) is 58.5 Å². The number of carbonyl (C=O) groups is 10. The summed E-state index contributed by atoms with van der Waals surface area (Å²) in [4.78, 5) is 136. The predicted octanol–water partition coefficient (Wildman–Crippen LogP) is 4.44. The fourth-order valence-electron chi connectivity index (χ4n) is 7.77. The quantitative estimate of drug-likeness (QED) is 0.0452. The number of alkyl carbamates (subject to hydrolysis) is 1. The highest BCUT2D eigenvalue weighted by molar-refractivity contribution is 6.00. The molecular formula is C54H99N9O12. The van der Waals surface area contributed by atoms with Crippen molar-refractivity contribution in [3.63, 3.8) is 0 Å². The second-order valence-corrected chi connectivity index (χ2v) is 25.0. The van der Waals surface area contributed by atoms with Gasteiger partial charge in [0.05, 0.1) is 7.11 Å². The van der Waals surface area contributed by atoms with Gasteiger partial charge in [0.2, 0.25) is 47.3 Å². The molecule has 75 heavy (non-hydrogen) atoms. The highest BCUT2D eigenvalue weighted by Crippen LogP contribution is 2.17. The fraction of sp³-hybridized carbons (Fsp3) is 0.815. The molecule has 6 atom stereocenters. The fourth-order valence-corrected chi connectivity index (χ4v) is 7.77. The van der Waals surface area contributed by atoms with E-state index in [9.17, 15) is 47.9 Å². The Hall–Kier alpha value is -5.50. The first-order valence-electron chi connectivity index (χ1n) is 26.6. The lowest BCUT2D eigenvalue weighted by Gasteiger charge is -2.33. The number of amides is 9. The summed E-state index contributed by atoms with van der Waals surface area (Å²) < 4.78 is 10.2. The van der Waals surface area contributed by atoms with Gasteiger partial charge in [-0.3, -0.25) is 38.4 Å². The van der Waals surface area contributed by atoms with Gasteiger partial charge in [-0.1, -0.05) is 83.1 Å². The second-order valence-electron chi connectivity index (χ2n) is 25.0. The molecule has 21 heteroatoms. The largest absolute Gasteiger partial charge is 0.467 e. The summed E-state index contributed by atoms with van der Waals surface area (Å²) in [7, 11) is 1.20. The number of nitrogens with one attached hydrogen (secondary N) is 9. The van der Waals surface area contributed by atoms with E-state index in [1.807, 2.05) is 83.1 Å². The molecule has 0 rings (SSSR count). The van der Waals surface area contributed by atoms with Gasteiger partial charge in [-0.05, 0) is 136 Å². The van der Waals surface area contributed by atoms with Gasteiger partial charge in [-0.15, -0.1) is 0 Å². The van der Waals surface area contributed by atoms with Crippen LogP contribution in [0, 0.1) is 35.5 Å². The average Bonchev–Trinajstić information content (AvgIpc) is 3.22. The van der Waals surface area contributed by atoms with Crippen molar-refractivity contribution in [3.8, 4) is 0 Å². The second kappa shape index (κ2) is 30.3. The predicted molar refractivity (Wildman–Crippen MR) is 288 cm³/mol. The third-order valence-electron chi connectivity index (χ3n) is 11.5. The number of hydrogen-bond donors (Lipinski definition) is 9. The maximum Gasteiger partial charge on any atom is 0.408 e. The molecule has 0 fully saturated rings. The molecule has 0 bridgehead atoms. The first-order chi connectivity index (χ1) is 34.0. The highest BCUT2D eigenvalue weighted by Gasteiger charge is 2.40. The van der Waals surface area contributed by atoms with E-state index in [-0.39, 0.29) is 74.0 Å². The standard InChI is InChI=1S/C54H99N9O12/c1-29(2)23-35(58-48(71)53(18,19)62-45(68)39(27-33(9)10)57-43(66)37(25-31(5)6)60-50(73)75-51(13,14)15)41(64)55-38(26-32(7)8)44(67)61-52(16,17)47(70)59-36(24-30(3)4)42(65)56-40(28-34(11)12)46(69)63-54(20,21)49(72)74-22/h29-40H,23-28H2,1-22H3,(H,55,64)(H,56,65)(H,57,66)(H,58,71)(H,59,70)(H,60,73)(H,61,67)(H,62,68)(H,63,69)/t35-,36-,37-,38-,39-,40-/m0/s1. The Morgan fingerprint density at radius 1 is 0.333 bits per heavy atom. The van der Waals surface area contributed by atoms with Crippen LogP contribution < -0.4 is 47.9 Å². The molecule has 9 amide bonds. The van der Waals surface area contributed by atoms with E-state index >= 15 is 0 Å². The van der Waals surface area contributed by atoms with E-state index in [4.69, 9.17) is 9.47 Å². The van der Waals surface area contributed by atoms with Crippen molar-refractivity contribution in [2.24, 2.45) is 35.5 Å². The zero-order valence-corrected chi connectivity index (χ0v) is 49.6. The van der Waals surface area contributed by atoms with Gasteiger partial charge in [0.15, 0.2) is 0 Å². The number of carbonyl (C=O) groups excluding carboxylic acids is 10. The molecule has 0 aliphatic carbocycles. The van der Waals surface area contributed by atoms with E-state index in [0.29, 0.717) is 0 Å². The summed E-state index contributed by atoms with van der Waals surface area (Å²) in [5, 5.41) is 24.5. The van der Waals surface area contributed by atoms with E-state index in [1.54, 1.807) is 20.8 Å². The maximum atomic E-state index is 14.2. The molecule has 0 aliphatic heterocycles. The minimum atomic E-state index is -1.64. The van der Waals surface area contributed by atoms with Gasteiger partial charge < -0.3 is 57.3 Å². The molecule has 0 saturated heterocycles. The average molecular weight is 1070 g/mol.